The van der Waals surface area contributed by atoms with Gasteiger partial charge < -0.3 is 9.52 Å². The second kappa shape index (κ2) is 4.46. The van der Waals surface area contributed by atoms with Crippen molar-refractivity contribution in [2.24, 2.45) is 0 Å². The molecule has 1 aliphatic heterocycles. The van der Waals surface area contributed by atoms with E-state index in [1.165, 1.54) is 0 Å². The van der Waals surface area contributed by atoms with Crippen LogP contribution in [0, 0.1) is 0 Å². The summed E-state index contributed by atoms with van der Waals surface area (Å²) in [5.74, 6) is 0.0637. The van der Waals surface area contributed by atoms with Gasteiger partial charge in [0.05, 0.1) is 10.9 Å². The number of benzene rings is 1. The maximum Gasteiger partial charge on any atom is 0.344 e. The second-order valence-corrected chi connectivity index (χ2v) is 4.70. The molecule has 1 aliphatic rings. The topological polar surface area (TPSA) is 53.7 Å². The summed E-state index contributed by atoms with van der Waals surface area (Å²) in [6.07, 6.45) is 2.30. The van der Waals surface area contributed by atoms with Crippen LogP contribution in [0.2, 0.25) is 0 Å². The first-order valence-corrected chi connectivity index (χ1v) is 6.22. The van der Waals surface area contributed by atoms with E-state index in [1.54, 1.807) is 18.2 Å². The van der Waals surface area contributed by atoms with E-state index in [2.05, 4.69) is 4.90 Å². The summed E-state index contributed by atoms with van der Waals surface area (Å²) < 4.78 is 5.24. The lowest BCUT2D eigenvalue weighted by Crippen LogP contribution is -2.22. The molecule has 0 bridgehead atoms. The second-order valence-electron chi connectivity index (χ2n) is 4.70. The van der Waals surface area contributed by atoms with Crippen molar-refractivity contribution < 1.29 is 9.52 Å². The number of rotatable bonds is 2. The third-order valence-corrected chi connectivity index (χ3v) is 3.46. The molecule has 4 nitrogen and oxygen atoms in total. The maximum atomic E-state index is 11.9. The molecular weight excluding hydrogens is 230 g/mol. The van der Waals surface area contributed by atoms with Crippen molar-refractivity contribution >= 4 is 11.0 Å². The van der Waals surface area contributed by atoms with Gasteiger partial charge in [-0.2, -0.15) is 0 Å². The number of likely N-dealkylation sites (tertiary alicyclic amines) is 1. The highest BCUT2D eigenvalue weighted by Gasteiger charge is 2.19. The van der Waals surface area contributed by atoms with E-state index < -0.39 is 5.63 Å². The first-order chi connectivity index (χ1) is 8.75. The third kappa shape index (κ3) is 1.88. The van der Waals surface area contributed by atoms with E-state index in [9.17, 15) is 9.90 Å². The van der Waals surface area contributed by atoms with Gasteiger partial charge in [0.1, 0.15) is 11.3 Å². The van der Waals surface area contributed by atoms with Crippen LogP contribution in [-0.2, 0) is 6.54 Å². The lowest BCUT2D eigenvalue weighted by Gasteiger charge is -2.14. The Kier molecular flexibility index (Phi) is 2.80. The van der Waals surface area contributed by atoms with E-state index in [0.29, 0.717) is 23.1 Å². The van der Waals surface area contributed by atoms with Gasteiger partial charge in [0.2, 0.25) is 0 Å². The minimum atomic E-state index is -0.432. The van der Waals surface area contributed by atoms with Crippen LogP contribution in [0.1, 0.15) is 18.4 Å². The van der Waals surface area contributed by atoms with Crippen LogP contribution in [0.15, 0.2) is 33.5 Å². The number of fused-ring (bicyclic) bond motifs is 1. The highest BCUT2D eigenvalue weighted by Crippen LogP contribution is 2.27. The van der Waals surface area contributed by atoms with E-state index in [1.807, 2.05) is 6.07 Å². The molecule has 1 aromatic heterocycles. The van der Waals surface area contributed by atoms with Crippen LogP contribution >= 0.6 is 0 Å². The molecule has 2 aromatic rings. The van der Waals surface area contributed by atoms with Crippen molar-refractivity contribution in [3.63, 3.8) is 0 Å². The Morgan fingerprint density at radius 2 is 1.94 bits per heavy atom. The summed E-state index contributed by atoms with van der Waals surface area (Å²) in [6.45, 7) is 2.43. The molecule has 3 rings (SSSR count). The van der Waals surface area contributed by atoms with Crippen LogP contribution in [-0.4, -0.2) is 23.1 Å². The first kappa shape index (κ1) is 11.3. The molecule has 0 radical (unpaired) electrons. The highest BCUT2D eigenvalue weighted by atomic mass is 16.4. The third-order valence-electron chi connectivity index (χ3n) is 3.46. The van der Waals surface area contributed by atoms with Crippen LogP contribution in [0.25, 0.3) is 11.0 Å². The zero-order valence-electron chi connectivity index (χ0n) is 10.1. The van der Waals surface area contributed by atoms with Gasteiger partial charge in [-0.3, -0.25) is 4.90 Å². The minimum absolute atomic E-state index is 0.0637. The molecule has 1 N–H and O–H groups in total. The molecule has 1 fully saturated rings. The van der Waals surface area contributed by atoms with Gasteiger partial charge in [-0.15, -0.1) is 0 Å². The molecule has 0 aliphatic carbocycles. The average Bonchev–Trinajstić information content (AvgIpc) is 2.87. The SMILES string of the molecule is O=c1oc2ccccc2c(O)c1CN1CCCC1. The van der Waals surface area contributed by atoms with Crippen molar-refractivity contribution in [2.75, 3.05) is 13.1 Å². The van der Waals surface area contributed by atoms with E-state index in [4.69, 9.17) is 4.42 Å². The minimum Gasteiger partial charge on any atom is -0.507 e. The summed E-state index contributed by atoms with van der Waals surface area (Å²) in [5.41, 5.74) is 0.374. The van der Waals surface area contributed by atoms with Gasteiger partial charge in [-0.1, -0.05) is 12.1 Å². The number of hydrogen-bond donors (Lipinski definition) is 1. The van der Waals surface area contributed by atoms with Crippen LogP contribution in [0.4, 0.5) is 0 Å². The Morgan fingerprint density at radius 3 is 2.72 bits per heavy atom. The average molecular weight is 245 g/mol. The number of hydrogen-bond acceptors (Lipinski definition) is 4. The fourth-order valence-electron chi connectivity index (χ4n) is 2.48. The lowest BCUT2D eigenvalue weighted by molar-refractivity contribution is 0.317. The monoisotopic (exact) mass is 245 g/mol. The highest BCUT2D eigenvalue weighted by molar-refractivity contribution is 5.83. The zero-order chi connectivity index (χ0) is 12.5. The van der Waals surface area contributed by atoms with Crippen molar-refractivity contribution in [3.8, 4) is 5.75 Å². The Hall–Kier alpha value is -1.81. The van der Waals surface area contributed by atoms with Crippen LogP contribution in [0.3, 0.4) is 0 Å². The molecule has 94 valence electrons. The van der Waals surface area contributed by atoms with E-state index in [-0.39, 0.29) is 5.75 Å². The van der Waals surface area contributed by atoms with E-state index >= 15 is 0 Å². The summed E-state index contributed by atoms with van der Waals surface area (Å²) in [6, 6.07) is 7.06. The van der Waals surface area contributed by atoms with Crippen LogP contribution in [0.5, 0.6) is 5.75 Å². The quantitative estimate of drug-likeness (QED) is 0.823. The van der Waals surface area contributed by atoms with Crippen molar-refractivity contribution in [1.29, 1.82) is 0 Å². The van der Waals surface area contributed by atoms with Gasteiger partial charge in [-0.05, 0) is 38.1 Å². The number of aromatic hydroxyl groups is 1. The molecule has 0 atom stereocenters. The summed E-state index contributed by atoms with van der Waals surface area (Å²) >= 11 is 0. The predicted molar refractivity (Wildman–Crippen MR) is 68.7 cm³/mol. The smallest absolute Gasteiger partial charge is 0.344 e. The molecule has 0 unspecified atom stereocenters. The summed E-state index contributed by atoms with van der Waals surface area (Å²) in [4.78, 5) is 14.1. The Bertz CT molecular complexity index is 626. The molecule has 0 amide bonds. The van der Waals surface area contributed by atoms with E-state index in [0.717, 1.165) is 25.9 Å². The maximum absolute atomic E-state index is 11.9. The molecule has 18 heavy (non-hydrogen) atoms. The molecule has 4 heteroatoms. The van der Waals surface area contributed by atoms with Crippen LogP contribution < -0.4 is 5.63 Å². The van der Waals surface area contributed by atoms with Crippen molar-refractivity contribution in [1.82, 2.24) is 4.90 Å². The number of para-hydroxylation sites is 1. The van der Waals surface area contributed by atoms with Gasteiger partial charge in [0, 0.05) is 6.54 Å². The fourth-order valence-corrected chi connectivity index (χ4v) is 2.48. The molecule has 1 saturated heterocycles. The Balaban J connectivity index is 2.07. The largest absolute Gasteiger partial charge is 0.507 e. The molecular formula is C14H15NO3. The standard InChI is InChI=1S/C14H15NO3/c16-13-10-5-1-2-6-12(10)18-14(17)11(13)9-15-7-3-4-8-15/h1-2,5-6,16H,3-4,7-9H2. The molecule has 1 aromatic carbocycles. The van der Waals surface area contributed by atoms with Gasteiger partial charge in [0.25, 0.3) is 0 Å². The summed E-state index contributed by atoms with van der Waals surface area (Å²) in [5, 5.41) is 10.8. The predicted octanol–water partition coefficient (Wildman–Crippen LogP) is 2.09. The molecule has 0 saturated carbocycles. The zero-order valence-corrected chi connectivity index (χ0v) is 10.1. The Labute approximate surface area is 104 Å². The van der Waals surface area contributed by atoms with Gasteiger partial charge in [-0.25, -0.2) is 4.79 Å². The fraction of sp³-hybridized carbons (Fsp3) is 0.357. The first-order valence-electron chi connectivity index (χ1n) is 6.22. The number of nitrogens with zero attached hydrogens (tertiary/aromatic N) is 1. The Morgan fingerprint density at radius 1 is 1.22 bits per heavy atom. The lowest BCUT2D eigenvalue weighted by atomic mass is 10.1. The summed E-state index contributed by atoms with van der Waals surface area (Å²) in [7, 11) is 0. The normalized spacial score (nSPS) is 16.4. The van der Waals surface area contributed by atoms with Crippen molar-refractivity contribution in [3.05, 3.63) is 40.2 Å². The molecule has 0 spiro atoms. The van der Waals surface area contributed by atoms with Gasteiger partial charge in [0.15, 0.2) is 0 Å². The molecule has 2 heterocycles. The van der Waals surface area contributed by atoms with Crippen molar-refractivity contribution in [2.45, 2.75) is 19.4 Å². The van der Waals surface area contributed by atoms with Gasteiger partial charge >= 0.3 is 5.63 Å².